The van der Waals surface area contributed by atoms with Crippen LogP contribution in [-0.2, 0) is 10.2 Å². The quantitative estimate of drug-likeness (QED) is 0.914. The van der Waals surface area contributed by atoms with Crippen LogP contribution in [0.2, 0.25) is 0 Å². The third-order valence-corrected chi connectivity index (χ3v) is 5.31. The summed E-state index contributed by atoms with van der Waals surface area (Å²) in [5.74, 6) is -1.08. The smallest absolute Gasteiger partial charge is 0.314 e. The molecule has 0 bridgehead atoms. The Morgan fingerprint density at radius 2 is 1.68 bits per heavy atom. The second kappa shape index (κ2) is 6.27. The highest BCUT2D eigenvalue weighted by molar-refractivity contribution is 5.81. The lowest BCUT2D eigenvalue weighted by atomic mass is 9.69. The van der Waals surface area contributed by atoms with Crippen molar-refractivity contribution in [2.45, 2.75) is 56.8 Å². The van der Waals surface area contributed by atoms with Crippen molar-refractivity contribution in [1.82, 2.24) is 0 Å². The fourth-order valence-corrected chi connectivity index (χ4v) is 3.98. The fraction of sp³-hybridized carbons (Fsp3) is 0.611. The number of rotatable bonds is 3. The number of hydrogen-bond acceptors (Lipinski definition) is 2. The number of piperidine rings is 1. The van der Waals surface area contributed by atoms with Crippen LogP contribution in [0.15, 0.2) is 18.2 Å². The van der Waals surface area contributed by atoms with E-state index in [4.69, 9.17) is 0 Å². The van der Waals surface area contributed by atoms with Crippen LogP contribution in [0.3, 0.4) is 0 Å². The van der Waals surface area contributed by atoms with Crippen molar-refractivity contribution in [3.05, 3.63) is 29.6 Å². The van der Waals surface area contributed by atoms with Gasteiger partial charge in [0.2, 0.25) is 0 Å². The third-order valence-electron chi connectivity index (χ3n) is 5.31. The molecule has 120 valence electrons. The normalized spacial score (nSPS) is 21.6. The maximum absolute atomic E-state index is 14.6. The molecule has 2 fully saturated rings. The van der Waals surface area contributed by atoms with E-state index >= 15 is 0 Å². The van der Waals surface area contributed by atoms with Gasteiger partial charge in [-0.3, -0.25) is 4.79 Å². The molecule has 1 aromatic rings. The van der Waals surface area contributed by atoms with Gasteiger partial charge in [0, 0.05) is 13.1 Å². The first-order valence-corrected chi connectivity index (χ1v) is 8.42. The van der Waals surface area contributed by atoms with Crippen LogP contribution in [-0.4, -0.2) is 24.2 Å². The minimum atomic E-state index is -0.889. The molecule has 0 aromatic heterocycles. The van der Waals surface area contributed by atoms with Gasteiger partial charge >= 0.3 is 5.97 Å². The summed E-state index contributed by atoms with van der Waals surface area (Å²) < 4.78 is 14.6. The SMILES string of the molecule is O=C(O)C1(c2ccc(N3CCCCC3)c(F)c2)CCCCC1. The molecule has 2 aliphatic rings. The van der Waals surface area contributed by atoms with Gasteiger partial charge in [-0.2, -0.15) is 0 Å². The molecule has 1 N–H and O–H groups in total. The van der Waals surface area contributed by atoms with E-state index in [1.54, 1.807) is 6.07 Å². The van der Waals surface area contributed by atoms with E-state index in [1.807, 2.05) is 6.07 Å². The molecule has 0 amide bonds. The highest BCUT2D eigenvalue weighted by atomic mass is 19.1. The lowest BCUT2D eigenvalue weighted by Crippen LogP contribution is -2.38. The maximum atomic E-state index is 14.6. The molecule has 0 radical (unpaired) electrons. The number of halogens is 1. The number of carboxylic acids is 1. The van der Waals surface area contributed by atoms with Gasteiger partial charge in [0.15, 0.2) is 0 Å². The van der Waals surface area contributed by atoms with Crippen LogP contribution in [0.4, 0.5) is 10.1 Å². The first-order valence-electron chi connectivity index (χ1n) is 8.42. The van der Waals surface area contributed by atoms with Crippen molar-refractivity contribution >= 4 is 11.7 Å². The summed E-state index contributed by atoms with van der Waals surface area (Å²) in [7, 11) is 0. The van der Waals surface area contributed by atoms with Gasteiger partial charge in [-0.15, -0.1) is 0 Å². The summed E-state index contributed by atoms with van der Waals surface area (Å²) in [5.41, 5.74) is 0.372. The van der Waals surface area contributed by atoms with E-state index in [9.17, 15) is 14.3 Å². The zero-order valence-electron chi connectivity index (χ0n) is 13.0. The number of benzene rings is 1. The number of nitrogens with zero attached hydrogens (tertiary/aromatic N) is 1. The van der Waals surface area contributed by atoms with Crippen molar-refractivity contribution in [3.63, 3.8) is 0 Å². The summed E-state index contributed by atoms with van der Waals surface area (Å²) in [5, 5.41) is 9.72. The van der Waals surface area contributed by atoms with E-state index in [2.05, 4.69) is 4.90 Å². The average molecular weight is 305 g/mol. The average Bonchev–Trinajstić information content (AvgIpc) is 2.56. The highest BCUT2D eigenvalue weighted by Crippen LogP contribution is 2.41. The Hall–Kier alpha value is -1.58. The van der Waals surface area contributed by atoms with Crippen LogP contribution in [0.25, 0.3) is 0 Å². The van der Waals surface area contributed by atoms with Crippen LogP contribution in [0.1, 0.15) is 56.9 Å². The van der Waals surface area contributed by atoms with Gasteiger partial charge in [0.05, 0.1) is 11.1 Å². The number of anilines is 1. The molecule has 1 saturated heterocycles. The Balaban J connectivity index is 1.91. The Labute approximate surface area is 131 Å². The van der Waals surface area contributed by atoms with Gasteiger partial charge in [-0.05, 0) is 49.8 Å². The monoisotopic (exact) mass is 305 g/mol. The molecular weight excluding hydrogens is 281 g/mol. The summed E-state index contributed by atoms with van der Waals surface area (Å²) >= 11 is 0. The molecule has 4 heteroatoms. The first kappa shape index (κ1) is 15.3. The van der Waals surface area contributed by atoms with Gasteiger partial charge in [0.1, 0.15) is 5.82 Å². The van der Waals surface area contributed by atoms with Crippen molar-refractivity contribution in [1.29, 1.82) is 0 Å². The second-order valence-electron chi connectivity index (χ2n) is 6.66. The predicted molar refractivity (Wildman–Crippen MR) is 84.9 cm³/mol. The van der Waals surface area contributed by atoms with E-state index in [1.165, 1.54) is 12.5 Å². The molecule has 1 aliphatic heterocycles. The number of carboxylic acid groups (broad SMARTS) is 1. The largest absolute Gasteiger partial charge is 0.481 e. The highest BCUT2D eigenvalue weighted by Gasteiger charge is 2.41. The van der Waals surface area contributed by atoms with Gasteiger partial charge < -0.3 is 10.0 Å². The molecule has 1 aliphatic carbocycles. The Morgan fingerprint density at radius 1 is 1.05 bits per heavy atom. The van der Waals surface area contributed by atoms with Crippen LogP contribution in [0.5, 0.6) is 0 Å². The number of hydrogen-bond donors (Lipinski definition) is 1. The Morgan fingerprint density at radius 3 is 2.27 bits per heavy atom. The summed E-state index contributed by atoms with van der Waals surface area (Å²) in [4.78, 5) is 13.9. The molecule has 0 spiro atoms. The van der Waals surface area contributed by atoms with Crippen molar-refractivity contribution < 1.29 is 14.3 Å². The molecule has 1 aromatic carbocycles. The maximum Gasteiger partial charge on any atom is 0.314 e. The standard InChI is InChI=1S/C18H24FNO2/c19-15-13-14(18(17(21)22)9-3-1-4-10-18)7-8-16(15)20-11-5-2-6-12-20/h7-8,13H,1-6,9-12H2,(H,21,22). The molecule has 22 heavy (non-hydrogen) atoms. The number of carbonyl (C=O) groups is 1. The van der Waals surface area contributed by atoms with Gasteiger partial charge in [-0.25, -0.2) is 4.39 Å². The summed E-state index contributed by atoms with van der Waals surface area (Å²) in [6, 6.07) is 5.10. The van der Waals surface area contributed by atoms with E-state index in [0.29, 0.717) is 24.1 Å². The van der Waals surface area contributed by atoms with Crippen molar-refractivity contribution in [2.75, 3.05) is 18.0 Å². The molecular formula is C18H24FNO2. The third kappa shape index (κ3) is 2.71. The molecule has 3 nitrogen and oxygen atoms in total. The lowest BCUT2D eigenvalue weighted by molar-refractivity contribution is -0.145. The molecule has 0 atom stereocenters. The second-order valence-corrected chi connectivity index (χ2v) is 6.66. The summed E-state index contributed by atoms with van der Waals surface area (Å²) in [6.07, 6.45) is 7.52. The van der Waals surface area contributed by atoms with E-state index < -0.39 is 11.4 Å². The Kier molecular flexibility index (Phi) is 4.37. The van der Waals surface area contributed by atoms with E-state index in [0.717, 1.165) is 45.2 Å². The molecule has 0 unspecified atom stereocenters. The predicted octanol–water partition coefficient (Wildman–Crippen LogP) is 4.10. The zero-order valence-corrected chi connectivity index (χ0v) is 13.0. The Bertz CT molecular complexity index is 546. The van der Waals surface area contributed by atoms with Crippen LogP contribution >= 0.6 is 0 Å². The number of aliphatic carboxylic acids is 1. The molecule has 1 saturated carbocycles. The lowest BCUT2D eigenvalue weighted by Gasteiger charge is -2.34. The zero-order chi connectivity index (χ0) is 15.6. The van der Waals surface area contributed by atoms with Crippen molar-refractivity contribution in [3.8, 4) is 0 Å². The van der Waals surface area contributed by atoms with Crippen LogP contribution in [0, 0.1) is 5.82 Å². The van der Waals surface area contributed by atoms with Gasteiger partial charge in [-0.1, -0.05) is 25.3 Å². The topological polar surface area (TPSA) is 40.5 Å². The molecule has 1 heterocycles. The van der Waals surface area contributed by atoms with Crippen LogP contribution < -0.4 is 4.90 Å². The van der Waals surface area contributed by atoms with E-state index in [-0.39, 0.29) is 5.82 Å². The van der Waals surface area contributed by atoms with Crippen molar-refractivity contribution in [2.24, 2.45) is 0 Å². The molecule has 3 rings (SSSR count). The van der Waals surface area contributed by atoms with Gasteiger partial charge in [0.25, 0.3) is 0 Å². The first-order chi connectivity index (χ1) is 10.6. The minimum absolute atomic E-state index is 0.273. The summed E-state index contributed by atoms with van der Waals surface area (Å²) in [6.45, 7) is 1.78. The minimum Gasteiger partial charge on any atom is -0.481 e. The fourth-order valence-electron chi connectivity index (χ4n) is 3.98.